The van der Waals surface area contributed by atoms with Crippen molar-refractivity contribution in [2.24, 2.45) is 5.73 Å². The Morgan fingerprint density at radius 2 is 2.29 bits per heavy atom. The number of hydrogen-bond acceptors (Lipinski definition) is 4. The van der Waals surface area contributed by atoms with E-state index in [9.17, 15) is 9.90 Å². The summed E-state index contributed by atoms with van der Waals surface area (Å²) in [6, 6.07) is 5.63. The molecule has 1 amide bonds. The van der Waals surface area contributed by atoms with E-state index in [1.165, 1.54) is 0 Å². The second kappa shape index (κ2) is 6.22. The molecule has 94 valence electrons. The summed E-state index contributed by atoms with van der Waals surface area (Å²) in [6.45, 7) is 2.22. The maximum absolute atomic E-state index is 11.3. The quantitative estimate of drug-likeness (QED) is 0.671. The number of aryl methyl sites for hydroxylation is 1. The lowest BCUT2D eigenvalue weighted by molar-refractivity contribution is -0.128. The number of benzene rings is 1. The van der Waals surface area contributed by atoms with Crippen molar-refractivity contribution in [3.05, 3.63) is 29.3 Å². The number of ether oxygens (including phenoxy) is 1. The van der Waals surface area contributed by atoms with Gasteiger partial charge in [-0.25, -0.2) is 0 Å². The molecule has 0 bridgehead atoms. The predicted molar refractivity (Wildman–Crippen MR) is 64.6 cm³/mol. The van der Waals surface area contributed by atoms with Crippen molar-refractivity contribution in [2.45, 2.75) is 19.6 Å². The summed E-state index contributed by atoms with van der Waals surface area (Å²) in [4.78, 5) is 11.3. The number of amides is 1. The van der Waals surface area contributed by atoms with Crippen LogP contribution in [0, 0.1) is 6.92 Å². The van der Waals surface area contributed by atoms with Crippen LogP contribution in [0.5, 0.6) is 5.75 Å². The highest BCUT2D eigenvalue weighted by Crippen LogP contribution is 2.18. The summed E-state index contributed by atoms with van der Waals surface area (Å²) in [5.74, 6) is 0.350. The van der Waals surface area contributed by atoms with Crippen LogP contribution in [0.25, 0.3) is 0 Å². The van der Waals surface area contributed by atoms with Crippen molar-refractivity contribution in [1.29, 1.82) is 0 Å². The van der Waals surface area contributed by atoms with Crippen LogP contribution in [0.4, 0.5) is 0 Å². The van der Waals surface area contributed by atoms with Gasteiger partial charge in [0.2, 0.25) is 5.91 Å². The summed E-state index contributed by atoms with van der Waals surface area (Å²) in [6.07, 6.45) is -1.14. The van der Waals surface area contributed by atoms with Crippen LogP contribution >= 0.6 is 0 Å². The fourth-order valence-corrected chi connectivity index (χ4v) is 1.46. The van der Waals surface area contributed by atoms with E-state index in [-0.39, 0.29) is 6.54 Å². The first kappa shape index (κ1) is 13.5. The van der Waals surface area contributed by atoms with Crippen LogP contribution in [0.15, 0.2) is 18.2 Å². The third-order valence-corrected chi connectivity index (χ3v) is 2.45. The molecule has 1 aromatic rings. The third-order valence-electron chi connectivity index (χ3n) is 2.45. The second-order valence-electron chi connectivity index (χ2n) is 3.77. The van der Waals surface area contributed by atoms with E-state index in [0.717, 1.165) is 16.9 Å². The van der Waals surface area contributed by atoms with Gasteiger partial charge in [0.05, 0.1) is 7.11 Å². The van der Waals surface area contributed by atoms with Crippen molar-refractivity contribution < 1.29 is 14.6 Å². The van der Waals surface area contributed by atoms with Crippen LogP contribution in [-0.4, -0.2) is 30.8 Å². The lowest BCUT2D eigenvalue weighted by Gasteiger charge is -2.10. The molecule has 17 heavy (non-hydrogen) atoms. The number of aliphatic hydroxyl groups is 1. The first-order valence-corrected chi connectivity index (χ1v) is 5.38. The average Bonchev–Trinajstić information content (AvgIpc) is 2.35. The normalized spacial score (nSPS) is 12.0. The zero-order chi connectivity index (χ0) is 12.8. The van der Waals surface area contributed by atoms with Gasteiger partial charge in [-0.2, -0.15) is 0 Å². The maximum Gasteiger partial charge on any atom is 0.250 e. The fourth-order valence-electron chi connectivity index (χ4n) is 1.46. The molecule has 0 aromatic heterocycles. The van der Waals surface area contributed by atoms with E-state index in [2.05, 4.69) is 5.32 Å². The zero-order valence-corrected chi connectivity index (χ0v) is 10.1. The lowest BCUT2D eigenvalue weighted by atomic mass is 10.1. The average molecular weight is 238 g/mol. The highest BCUT2D eigenvalue weighted by Gasteiger charge is 2.11. The van der Waals surface area contributed by atoms with Gasteiger partial charge in [-0.15, -0.1) is 0 Å². The smallest absolute Gasteiger partial charge is 0.250 e. The van der Waals surface area contributed by atoms with Crippen molar-refractivity contribution >= 4 is 5.91 Å². The first-order chi connectivity index (χ1) is 8.08. The number of methoxy groups -OCH3 is 1. The fraction of sp³-hybridized carbons (Fsp3) is 0.417. The van der Waals surface area contributed by atoms with Gasteiger partial charge in [0.15, 0.2) is 0 Å². The van der Waals surface area contributed by atoms with Gasteiger partial charge < -0.3 is 20.9 Å². The van der Waals surface area contributed by atoms with Crippen molar-refractivity contribution in [2.75, 3.05) is 13.7 Å². The van der Waals surface area contributed by atoms with Gasteiger partial charge in [0, 0.05) is 13.1 Å². The van der Waals surface area contributed by atoms with E-state index in [1.54, 1.807) is 7.11 Å². The molecule has 0 saturated carbocycles. The molecule has 1 unspecified atom stereocenters. The van der Waals surface area contributed by atoms with Crippen LogP contribution in [0.1, 0.15) is 11.1 Å². The number of hydrogen-bond donors (Lipinski definition) is 3. The highest BCUT2D eigenvalue weighted by atomic mass is 16.5. The lowest BCUT2D eigenvalue weighted by Crippen LogP contribution is -2.38. The molecule has 1 rings (SSSR count). The summed E-state index contributed by atoms with van der Waals surface area (Å²) < 4.78 is 5.14. The maximum atomic E-state index is 11.3. The minimum Gasteiger partial charge on any atom is -0.496 e. The summed E-state index contributed by atoms with van der Waals surface area (Å²) in [5, 5.41) is 11.8. The molecule has 5 nitrogen and oxygen atoms in total. The zero-order valence-electron chi connectivity index (χ0n) is 10.1. The second-order valence-corrected chi connectivity index (χ2v) is 3.77. The number of aliphatic hydroxyl groups excluding tert-OH is 1. The number of carbonyl (C=O) groups is 1. The molecule has 0 aliphatic rings. The van der Waals surface area contributed by atoms with Gasteiger partial charge in [0.1, 0.15) is 11.9 Å². The Kier molecular flexibility index (Phi) is 4.93. The molecular formula is C12H18N2O3. The highest BCUT2D eigenvalue weighted by molar-refractivity contribution is 5.80. The van der Waals surface area contributed by atoms with E-state index in [1.807, 2.05) is 25.1 Å². The topological polar surface area (TPSA) is 84.6 Å². The van der Waals surface area contributed by atoms with Gasteiger partial charge in [-0.3, -0.25) is 4.79 Å². The largest absolute Gasteiger partial charge is 0.496 e. The Morgan fingerprint density at radius 3 is 2.82 bits per heavy atom. The number of nitrogens with one attached hydrogen (secondary N) is 1. The molecule has 0 aliphatic carbocycles. The molecule has 0 heterocycles. The SMILES string of the molecule is COc1ccc(CNC(=O)C(O)CN)cc1C. The van der Waals surface area contributed by atoms with Crippen molar-refractivity contribution in [1.82, 2.24) is 5.32 Å². The third kappa shape index (κ3) is 3.72. The van der Waals surface area contributed by atoms with E-state index in [0.29, 0.717) is 6.54 Å². The first-order valence-electron chi connectivity index (χ1n) is 5.38. The molecule has 0 spiro atoms. The summed E-state index contributed by atoms with van der Waals surface area (Å²) >= 11 is 0. The van der Waals surface area contributed by atoms with E-state index < -0.39 is 12.0 Å². The minimum absolute atomic E-state index is 0.0759. The van der Waals surface area contributed by atoms with Crippen molar-refractivity contribution in [3.63, 3.8) is 0 Å². The molecule has 0 saturated heterocycles. The molecule has 1 atom stereocenters. The van der Waals surface area contributed by atoms with Gasteiger partial charge in [-0.1, -0.05) is 12.1 Å². The molecule has 0 fully saturated rings. The summed E-state index contributed by atoms with van der Waals surface area (Å²) in [7, 11) is 1.61. The van der Waals surface area contributed by atoms with Crippen LogP contribution in [-0.2, 0) is 11.3 Å². The Balaban J connectivity index is 2.58. The van der Waals surface area contributed by atoms with E-state index >= 15 is 0 Å². The molecule has 4 N–H and O–H groups in total. The van der Waals surface area contributed by atoms with Crippen LogP contribution in [0.2, 0.25) is 0 Å². The van der Waals surface area contributed by atoms with Crippen LogP contribution in [0.3, 0.4) is 0 Å². The van der Waals surface area contributed by atoms with Gasteiger partial charge in [-0.05, 0) is 24.1 Å². The molecule has 0 aliphatic heterocycles. The van der Waals surface area contributed by atoms with Crippen molar-refractivity contribution in [3.8, 4) is 5.75 Å². The monoisotopic (exact) mass is 238 g/mol. The summed E-state index contributed by atoms with van der Waals surface area (Å²) in [5.41, 5.74) is 7.12. The minimum atomic E-state index is -1.14. The van der Waals surface area contributed by atoms with Gasteiger partial charge >= 0.3 is 0 Å². The Labute approximate surface area is 101 Å². The van der Waals surface area contributed by atoms with E-state index in [4.69, 9.17) is 10.5 Å². The predicted octanol–water partition coefficient (Wildman–Crippen LogP) is -0.0606. The Morgan fingerprint density at radius 1 is 1.59 bits per heavy atom. The standard InChI is InChI=1S/C12H18N2O3/c1-8-5-9(3-4-11(8)17-2)7-14-12(16)10(15)6-13/h3-5,10,15H,6-7,13H2,1-2H3,(H,14,16). The number of nitrogens with two attached hydrogens (primary N) is 1. The molecule has 5 heteroatoms. The Bertz CT molecular complexity index is 393. The Hall–Kier alpha value is -1.59. The van der Waals surface area contributed by atoms with Gasteiger partial charge in [0.25, 0.3) is 0 Å². The molecule has 0 radical (unpaired) electrons. The molecular weight excluding hydrogens is 220 g/mol. The molecule has 1 aromatic carbocycles. The van der Waals surface area contributed by atoms with Crippen LogP contribution < -0.4 is 15.8 Å². The number of rotatable bonds is 5. The number of carbonyl (C=O) groups excluding carboxylic acids is 1.